The number of alkyl halides is 3. The Kier molecular flexibility index (Phi) is 5.38. The van der Waals surface area contributed by atoms with E-state index < -0.39 is 18.8 Å². The lowest BCUT2D eigenvalue weighted by molar-refractivity contribution is -0.142. The van der Waals surface area contributed by atoms with Crippen molar-refractivity contribution in [2.45, 2.75) is 12.7 Å². The first-order valence-corrected chi connectivity index (χ1v) is 6.76. The molecule has 0 aliphatic carbocycles. The lowest BCUT2D eigenvalue weighted by Crippen LogP contribution is -2.40. The number of ether oxygens (including phenoxy) is 1. The van der Waals surface area contributed by atoms with Crippen LogP contribution in [0.2, 0.25) is 5.15 Å². The molecule has 23 heavy (non-hydrogen) atoms. The smallest absolute Gasteiger partial charge is 0.391 e. The Morgan fingerprint density at radius 3 is 2.52 bits per heavy atom. The van der Waals surface area contributed by atoms with E-state index in [9.17, 15) is 18.0 Å². The van der Waals surface area contributed by atoms with Crippen LogP contribution in [-0.4, -0.2) is 33.7 Å². The molecule has 0 aliphatic heterocycles. The van der Waals surface area contributed by atoms with E-state index in [2.05, 4.69) is 9.97 Å². The summed E-state index contributed by atoms with van der Waals surface area (Å²) in [6, 6.07) is 9.40. The molecule has 1 heterocycles. The molecular weight excluding hydrogens is 335 g/mol. The molecule has 0 spiro atoms. The van der Waals surface area contributed by atoms with E-state index in [0.29, 0.717) is 10.5 Å². The van der Waals surface area contributed by atoms with Crippen molar-refractivity contribution in [2.24, 2.45) is 0 Å². The molecule has 1 amide bonds. The molecule has 0 aliphatic rings. The molecule has 1 aromatic heterocycles. The molecule has 0 bridgehead atoms. The topological polar surface area (TPSA) is 55.3 Å². The zero-order valence-electron chi connectivity index (χ0n) is 11.6. The van der Waals surface area contributed by atoms with Gasteiger partial charge in [0.05, 0.1) is 0 Å². The molecule has 0 N–H and O–H groups in total. The summed E-state index contributed by atoms with van der Waals surface area (Å²) in [5.74, 6) is -0.227. The summed E-state index contributed by atoms with van der Waals surface area (Å²) < 4.78 is 42.9. The van der Waals surface area contributed by atoms with Crippen molar-refractivity contribution in [2.75, 3.05) is 6.54 Å². The Morgan fingerprint density at radius 1 is 1.22 bits per heavy atom. The number of halogens is 4. The number of carbonyl (C=O) groups is 1. The second-order valence-electron chi connectivity index (χ2n) is 4.50. The van der Waals surface area contributed by atoms with Crippen LogP contribution in [0.3, 0.4) is 0 Å². The molecule has 122 valence electrons. The fourth-order valence-corrected chi connectivity index (χ4v) is 1.87. The van der Waals surface area contributed by atoms with Crippen molar-refractivity contribution in [1.82, 2.24) is 14.9 Å². The zero-order valence-corrected chi connectivity index (χ0v) is 12.4. The van der Waals surface area contributed by atoms with E-state index in [-0.39, 0.29) is 17.6 Å². The predicted molar refractivity (Wildman–Crippen MR) is 76.0 cm³/mol. The Hall–Kier alpha value is -2.35. The molecule has 0 fully saturated rings. The molecule has 0 saturated heterocycles. The zero-order chi connectivity index (χ0) is 16.9. The summed E-state index contributed by atoms with van der Waals surface area (Å²) in [6.07, 6.45) is -4.70. The van der Waals surface area contributed by atoms with E-state index in [1.165, 1.54) is 0 Å². The van der Waals surface area contributed by atoms with Gasteiger partial charge in [0.15, 0.2) is 0 Å². The van der Waals surface area contributed by atoms with Crippen LogP contribution in [0, 0.1) is 0 Å². The third kappa shape index (κ3) is 5.74. The Balaban J connectivity index is 2.13. The number of rotatable bonds is 4. The number of hydrogen-bond acceptors (Lipinski definition) is 4. The Labute approximate surface area is 134 Å². The molecule has 0 radical (unpaired) electrons. The summed E-state index contributed by atoms with van der Waals surface area (Å²) in [6.45, 7) is -1.70. The standard InChI is InChI=1S/C14H11ClF3N3O2/c15-11-6-12(20-9-19-11)23-13(22)21(8-14(16,17)18)7-10-4-2-1-3-5-10/h1-6,9H,7-8H2. The number of amides is 1. The third-order valence-corrected chi connectivity index (χ3v) is 2.85. The molecule has 2 rings (SSSR count). The van der Waals surface area contributed by atoms with Gasteiger partial charge in [0.2, 0.25) is 5.88 Å². The Morgan fingerprint density at radius 2 is 1.91 bits per heavy atom. The van der Waals surface area contributed by atoms with E-state index in [1.54, 1.807) is 30.3 Å². The van der Waals surface area contributed by atoms with Gasteiger partial charge >= 0.3 is 12.3 Å². The van der Waals surface area contributed by atoms with Crippen molar-refractivity contribution in [1.29, 1.82) is 0 Å². The lowest BCUT2D eigenvalue weighted by atomic mass is 10.2. The monoisotopic (exact) mass is 345 g/mol. The fraction of sp³-hybridized carbons (Fsp3) is 0.214. The van der Waals surface area contributed by atoms with E-state index in [1.807, 2.05) is 0 Å². The first-order valence-electron chi connectivity index (χ1n) is 6.38. The number of aromatic nitrogens is 2. The normalized spacial score (nSPS) is 11.1. The number of benzene rings is 1. The summed E-state index contributed by atoms with van der Waals surface area (Å²) in [5.41, 5.74) is 0.536. The number of carbonyl (C=O) groups excluding carboxylic acids is 1. The summed E-state index contributed by atoms with van der Waals surface area (Å²) >= 11 is 5.61. The maximum Gasteiger partial charge on any atom is 0.417 e. The van der Waals surface area contributed by atoms with Gasteiger partial charge < -0.3 is 4.74 Å². The van der Waals surface area contributed by atoms with Crippen LogP contribution in [0.1, 0.15) is 5.56 Å². The number of hydrogen-bond donors (Lipinski definition) is 0. The molecule has 1 aromatic carbocycles. The van der Waals surface area contributed by atoms with Gasteiger partial charge in [-0.2, -0.15) is 13.2 Å². The highest BCUT2D eigenvalue weighted by Gasteiger charge is 2.34. The van der Waals surface area contributed by atoms with Crippen molar-refractivity contribution in [3.63, 3.8) is 0 Å². The number of nitrogens with zero attached hydrogens (tertiary/aromatic N) is 3. The van der Waals surface area contributed by atoms with Crippen LogP contribution in [0.15, 0.2) is 42.7 Å². The maximum absolute atomic E-state index is 12.7. The minimum Gasteiger partial charge on any atom is -0.391 e. The van der Waals surface area contributed by atoms with Crippen LogP contribution < -0.4 is 4.74 Å². The van der Waals surface area contributed by atoms with Gasteiger partial charge in [-0.3, -0.25) is 4.90 Å². The van der Waals surface area contributed by atoms with Gasteiger partial charge in [-0.05, 0) is 5.56 Å². The van der Waals surface area contributed by atoms with Crippen LogP contribution in [0.25, 0.3) is 0 Å². The third-order valence-electron chi connectivity index (χ3n) is 2.65. The maximum atomic E-state index is 12.7. The first-order chi connectivity index (χ1) is 10.8. The highest BCUT2D eigenvalue weighted by Crippen LogP contribution is 2.20. The van der Waals surface area contributed by atoms with Gasteiger partial charge in [-0.1, -0.05) is 41.9 Å². The molecule has 0 saturated carbocycles. The molecule has 5 nitrogen and oxygen atoms in total. The highest BCUT2D eigenvalue weighted by atomic mass is 35.5. The van der Waals surface area contributed by atoms with Crippen molar-refractivity contribution in [3.05, 3.63) is 53.4 Å². The Bertz CT molecular complexity index is 668. The van der Waals surface area contributed by atoms with Crippen LogP contribution in [0.5, 0.6) is 5.88 Å². The fourth-order valence-electron chi connectivity index (χ4n) is 1.73. The molecule has 2 aromatic rings. The summed E-state index contributed by atoms with van der Waals surface area (Å²) in [5, 5.41) is 0.00762. The van der Waals surface area contributed by atoms with E-state index >= 15 is 0 Å². The average molecular weight is 346 g/mol. The SMILES string of the molecule is O=C(Oc1cc(Cl)ncn1)N(Cc1ccccc1)CC(F)(F)F. The van der Waals surface area contributed by atoms with Gasteiger partial charge in [-0.15, -0.1) is 0 Å². The van der Waals surface area contributed by atoms with Gasteiger partial charge in [0.25, 0.3) is 0 Å². The van der Waals surface area contributed by atoms with Gasteiger partial charge in [0, 0.05) is 12.6 Å². The minimum atomic E-state index is -4.56. The highest BCUT2D eigenvalue weighted by molar-refractivity contribution is 6.29. The van der Waals surface area contributed by atoms with Gasteiger partial charge in [-0.25, -0.2) is 14.8 Å². The van der Waals surface area contributed by atoms with Crippen molar-refractivity contribution < 1.29 is 22.7 Å². The van der Waals surface area contributed by atoms with Crippen molar-refractivity contribution >= 4 is 17.7 Å². The van der Waals surface area contributed by atoms with E-state index in [4.69, 9.17) is 16.3 Å². The lowest BCUT2D eigenvalue weighted by Gasteiger charge is -2.23. The molecule has 0 unspecified atom stereocenters. The van der Waals surface area contributed by atoms with Crippen LogP contribution in [-0.2, 0) is 6.54 Å². The molecular formula is C14H11ClF3N3O2. The molecule has 0 atom stereocenters. The molecule has 9 heteroatoms. The quantitative estimate of drug-likeness (QED) is 0.793. The average Bonchev–Trinajstić information content (AvgIpc) is 2.46. The second-order valence-corrected chi connectivity index (χ2v) is 4.89. The van der Waals surface area contributed by atoms with Crippen LogP contribution in [0.4, 0.5) is 18.0 Å². The van der Waals surface area contributed by atoms with E-state index in [0.717, 1.165) is 12.4 Å². The minimum absolute atomic E-state index is 0.00762. The van der Waals surface area contributed by atoms with Crippen LogP contribution >= 0.6 is 11.6 Å². The summed E-state index contributed by atoms with van der Waals surface area (Å²) in [7, 11) is 0. The van der Waals surface area contributed by atoms with Crippen molar-refractivity contribution in [3.8, 4) is 5.88 Å². The van der Waals surface area contributed by atoms with Gasteiger partial charge in [0.1, 0.15) is 18.0 Å². The predicted octanol–water partition coefficient (Wildman–Crippen LogP) is 3.69. The largest absolute Gasteiger partial charge is 0.417 e. The summed E-state index contributed by atoms with van der Waals surface area (Å²) in [4.78, 5) is 19.7. The first kappa shape index (κ1) is 17.0. The second kappa shape index (κ2) is 7.28.